The summed E-state index contributed by atoms with van der Waals surface area (Å²) in [5.41, 5.74) is 4.41. The monoisotopic (exact) mass is 304 g/mol. The summed E-state index contributed by atoms with van der Waals surface area (Å²) in [5.74, 6) is 0. The minimum Gasteiger partial charge on any atom is -0.314 e. The van der Waals surface area contributed by atoms with Gasteiger partial charge < -0.3 is 5.32 Å². The van der Waals surface area contributed by atoms with Crippen LogP contribution in [0, 0.1) is 13.8 Å². The van der Waals surface area contributed by atoms with Gasteiger partial charge in [0.25, 0.3) is 0 Å². The standard InChI is InChI=1S/C15H24N2.2ClH/c1-4-15(17-10-8-16-9-11-17)14-7-5-6-12(2)13(14)3;;/h5-7,15-16H,4,8-11H2,1-3H3;2*1H/t15-;;/m1../s1. The van der Waals surface area contributed by atoms with Crippen molar-refractivity contribution < 1.29 is 0 Å². The van der Waals surface area contributed by atoms with E-state index in [2.05, 4.69) is 49.2 Å². The largest absolute Gasteiger partial charge is 0.314 e. The Morgan fingerprint density at radius 3 is 2.37 bits per heavy atom. The predicted molar refractivity (Wildman–Crippen MR) is 87.9 cm³/mol. The van der Waals surface area contributed by atoms with Gasteiger partial charge in [0, 0.05) is 32.2 Å². The zero-order valence-corrected chi connectivity index (χ0v) is 13.7. The lowest BCUT2D eigenvalue weighted by molar-refractivity contribution is 0.169. The average molecular weight is 305 g/mol. The van der Waals surface area contributed by atoms with Gasteiger partial charge in [0.1, 0.15) is 0 Å². The molecule has 1 fully saturated rings. The van der Waals surface area contributed by atoms with Crippen molar-refractivity contribution in [1.29, 1.82) is 0 Å². The fourth-order valence-electron chi connectivity index (χ4n) is 2.80. The number of piperazine rings is 1. The smallest absolute Gasteiger partial charge is 0.0349 e. The van der Waals surface area contributed by atoms with Gasteiger partial charge in [-0.05, 0) is 37.0 Å². The Labute approximate surface area is 129 Å². The van der Waals surface area contributed by atoms with Crippen LogP contribution in [0.4, 0.5) is 0 Å². The molecule has 1 N–H and O–H groups in total. The molecule has 0 amide bonds. The lowest BCUT2D eigenvalue weighted by atomic mass is 9.94. The quantitative estimate of drug-likeness (QED) is 0.919. The van der Waals surface area contributed by atoms with E-state index in [-0.39, 0.29) is 24.8 Å². The zero-order valence-electron chi connectivity index (χ0n) is 12.1. The van der Waals surface area contributed by atoms with Gasteiger partial charge in [0.2, 0.25) is 0 Å². The van der Waals surface area contributed by atoms with Gasteiger partial charge in [0.05, 0.1) is 0 Å². The lowest BCUT2D eigenvalue weighted by Crippen LogP contribution is -2.45. The molecule has 0 radical (unpaired) electrons. The van der Waals surface area contributed by atoms with E-state index in [9.17, 15) is 0 Å². The Kier molecular flexibility index (Phi) is 8.67. The van der Waals surface area contributed by atoms with Crippen molar-refractivity contribution in [3.05, 3.63) is 34.9 Å². The van der Waals surface area contributed by atoms with Crippen molar-refractivity contribution in [3.63, 3.8) is 0 Å². The van der Waals surface area contributed by atoms with Crippen LogP contribution in [0.25, 0.3) is 0 Å². The van der Waals surface area contributed by atoms with Crippen LogP contribution in [0.2, 0.25) is 0 Å². The van der Waals surface area contributed by atoms with Crippen LogP contribution in [0.3, 0.4) is 0 Å². The molecule has 1 saturated heterocycles. The summed E-state index contributed by atoms with van der Waals surface area (Å²) in [6, 6.07) is 7.31. The molecule has 110 valence electrons. The fraction of sp³-hybridized carbons (Fsp3) is 0.600. The fourth-order valence-corrected chi connectivity index (χ4v) is 2.80. The van der Waals surface area contributed by atoms with Crippen LogP contribution in [-0.2, 0) is 0 Å². The number of rotatable bonds is 3. The van der Waals surface area contributed by atoms with Gasteiger partial charge in [-0.3, -0.25) is 4.90 Å². The topological polar surface area (TPSA) is 15.3 Å². The maximum atomic E-state index is 3.43. The Hall–Kier alpha value is -0.280. The van der Waals surface area contributed by atoms with Crippen LogP contribution in [0.15, 0.2) is 18.2 Å². The van der Waals surface area contributed by atoms with Crippen molar-refractivity contribution in [1.82, 2.24) is 10.2 Å². The van der Waals surface area contributed by atoms with E-state index in [0.29, 0.717) is 6.04 Å². The second kappa shape index (κ2) is 8.80. The molecule has 0 aliphatic carbocycles. The van der Waals surface area contributed by atoms with E-state index in [4.69, 9.17) is 0 Å². The Morgan fingerprint density at radius 2 is 1.79 bits per heavy atom. The van der Waals surface area contributed by atoms with Crippen molar-refractivity contribution in [3.8, 4) is 0 Å². The number of hydrogen-bond acceptors (Lipinski definition) is 2. The van der Waals surface area contributed by atoms with Gasteiger partial charge in [0.15, 0.2) is 0 Å². The zero-order chi connectivity index (χ0) is 12.3. The molecule has 1 aromatic carbocycles. The van der Waals surface area contributed by atoms with Gasteiger partial charge in [-0.25, -0.2) is 0 Å². The molecular formula is C15H26Cl2N2. The Balaban J connectivity index is 0.00000162. The first-order valence-electron chi connectivity index (χ1n) is 6.75. The minimum atomic E-state index is 0. The SMILES string of the molecule is CC[C@H](c1cccc(C)c1C)N1CCNCC1.Cl.Cl. The molecule has 0 unspecified atom stereocenters. The van der Waals surface area contributed by atoms with Gasteiger partial charge in [-0.1, -0.05) is 25.1 Å². The minimum absolute atomic E-state index is 0. The molecule has 1 aliphatic rings. The Morgan fingerprint density at radius 1 is 1.16 bits per heavy atom. The highest BCUT2D eigenvalue weighted by Crippen LogP contribution is 2.28. The predicted octanol–water partition coefficient (Wildman–Crippen LogP) is 3.50. The van der Waals surface area contributed by atoms with Gasteiger partial charge >= 0.3 is 0 Å². The second-order valence-electron chi connectivity index (χ2n) is 5.00. The third-order valence-corrected chi connectivity index (χ3v) is 3.98. The molecule has 2 rings (SSSR count). The van der Waals surface area contributed by atoms with Gasteiger partial charge in [-0.2, -0.15) is 0 Å². The molecule has 0 spiro atoms. The van der Waals surface area contributed by atoms with Crippen LogP contribution >= 0.6 is 24.8 Å². The first-order chi connectivity index (χ1) is 8.24. The number of hydrogen-bond donors (Lipinski definition) is 1. The average Bonchev–Trinajstić information content (AvgIpc) is 2.37. The Bertz CT molecular complexity index is 376. The van der Waals surface area contributed by atoms with Crippen molar-refractivity contribution >= 4 is 24.8 Å². The van der Waals surface area contributed by atoms with E-state index in [1.165, 1.54) is 36.2 Å². The maximum Gasteiger partial charge on any atom is 0.0349 e. The third kappa shape index (κ3) is 4.35. The maximum absolute atomic E-state index is 3.43. The first-order valence-corrected chi connectivity index (χ1v) is 6.75. The van der Waals surface area contributed by atoms with E-state index >= 15 is 0 Å². The normalized spacial score (nSPS) is 17.2. The highest BCUT2D eigenvalue weighted by atomic mass is 35.5. The summed E-state index contributed by atoms with van der Waals surface area (Å²) in [6.45, 7) is 11.4. The third-order valence-electron chi connectivity index (χ3n) is 3.98. The molecule has 1 aliphatic heterocycles. The molecule has 0 aromatic heterocycles. The number of nitrogens with one attached hydrogen (secondary N) is 1. The van der Waals surface area contributed by atoms with Crippen LogP contribution in [0.1, 0.15) is 36.1 Å². The summed E-state index contributed by atoms with van der Waals surface area (Å²) in [4.78, 5) is 2.62. The second-order valence-corrected chi connectivity index (χ2v) is 5.00. The summed E-state index contributed by atoms with van der Waals surface area (Å²) in [7, 11) is 0. The molecule has 4 heteroatoms. The van der Waals surface area contributed by atoms with Crippen molar-refractivity contribution in [2.75, 3.05) is 26.2 Å². The number of halogens is 2. The molecular weight excluding hydrogens is 279 g/mol. The van der Waals surface area contributed by atoms with E-state index in [1.54, 1.807) is 0 Å². The lowest BCUT2D eigenvalue weighted by Gasteiger charge is -2.35. The highest BCUT2D eigenvalue weighted by Gasteiger charge is 2.21. The molecule has 1 heterocycles. The number of aryl methyl sites for hydroxylation is 1. The summed E-state index contributed by atoms with van der Waals surface area (Å²) < 4.78 is 0. The van der Waals surface area contributed by atoms with E-state index in [1.807, 2.05) is 0 Å². The van der Waals surface area contributed by atoms with E-state index in [0.717, 1.165) is 13.1 Å². The van der Waals surface area contributed by atoms with Crippen LogP contribution < -0.4 is 5.32 Å². The number of nitrogens with zero attached hydrogens (tertiary/aromatic N) is 1. The van der Waals surface area contributed by atoms with E-state index < -0.39 is 0 Å². The first kappa shape index (κ1) is 18.7. The molecule has 19 heavy (non-hydrogen) atoms. The van der Waals surface area contributed by atoms with Crippen molar-refractivity contribution in [2.24, 2.45) is 0 Å². The molecule has 0 saturated carbocycles. The van der Waals surface area contributed by atoms with Crippen LogP contribution in [0.5, 0.6) is 0 Å². The molecule has 0 bridgehead atoms. The molecule has 1 aromatic rings. The summed E-state index contributed by atoms with van der Waals surface area (Å²) in [6.07, 6.45) is 1.20. The molecule has 1 atom stereocenters. The molecule has 2 nitrogen and oxygen atoms in total. The summed E-state index contributed by atoms with van der Waals surface area (Å²) in [5, 5.41) is 3.43. The summed E-state index contributed by atoms with van der Waals surface area (Å²) >= 11 is 0. The van der Waals surface area contributed by atoms with Gasteiger partial charge in [-0.15, -0.1) is 24.8 Å². The van der Waals surface area contributed by atoms with Crippen molar-refractivity contribution in [2.45, 2.75) is 33.2 Å². The highest BCUT2D eigenvalue weighted by molar-refractivity contribution is 5.85. The van der Waals surface area contributed by atoms with Crippen LogP contribution in [-0.4, -0.2) is 31.1 Å². The number of benzene rings is 1.